The van der Waals surface area contributed by atoms with Gasteiger partial charge in [0.1, 0.15) is 11.9 Å². The summed E-state index contributed by atoms with van der Waals surface area (Å²) in [7, 11) is 0. The van der Waals surface area contributed by atoms with Gasteiger partial charge in [-0.05, 0) is 42.9 Å². The first-order valence-electron chi connectivity index (χ1n) is 7.84. The minimum atomic E-state index is -0.915. The molecule has 1 aromatic rings. The van der Waals surface area contributed by atoms with Crippen molar-refractivity contribution in [1.82, 2.24) is 4.90 Å². The first-order valence-corrected chi connectivity index (χ1v) is 7.84. The fraction of sp³-hybridized carbons (Fsp3) is 0.529. The van der Waals surface area contributed by atoms with E-state index in [0.29, 0.717) is 12.3 Å². The first kappa shape index (κ1) is 15.0. The zero-order valence-electron chi connectivity index (χ0n) is 12.4. The lowest BCUT2D eigenvalue weighted by molar-refractivity contribution is -0.149. The van der Waals surface area contributed by atoms with E-state index in [9.17, 15) is 19.1 Å². The molecule has 1 aromatic carbocycles. The van der Waals surface area contributed by atoms with E-state index in [1.165, 1.54) is 12.1 Å². The van der Waals surface area contributed by atoms with Crippen molar-refractivity contribution < 1.29 is 19.1 Å². The molecule has 3 atom stereocenters. The molecule has 4 nitrogen and oxygen atoms in total. The minimum Gasteiger partial charge on any atom is -0.480 e. The van der Waals surface area contributed by atoms with Crippen LogP contribution in [0.4, 0.5) is 4.39 Å². The molecule has 5 heteroatoms. The highest BCUT2D eigenvalue weighted by atomic mass is 19.1. The summed E-state index contributed by atoms with van der Waals surface area (Å²) in [4.78, 5) is 25.7. The lowest BCUT2D eigenvalue weighted by Crippen LogP contribution is -2.46. The molecule has 3 rings (SSSR count). The van der Waals surface area contributed by atoms with Gasteiger partial charge in [0.15, 0.2) is 0 Å². The Morgan fingerprint density at radius 1 is 1.18 bits per heavy atom. The number of carboxylic acid groups (broad SMARTS) is 1. The third-order valence-corrected chi connectivity index (χ3v) is 4.93. The van der Waals surface area contributed by atoms with Crippen molar-refractivity contribution in [3.63, 3.8) is 0 Å². The van der Waals surface area contributed by atoms with Gasteiger partial charge < -0.3 is 10.0 Å². The van der Waals surface area contributed by atoms with E-state index < -0.39 is 12.0 Å². The number of hydrogen-bond acceptors (Lipinski definition) is 2. The maximum atomic E-state index is 12.9. The van der Waals surface area contributed by atoms with E-state index in [2.05, 4.69) is 0 Å². The van der Waals surface area contributed by atoms with Crippen LogP contribution in [0, 0.1) is 11.7 Å². The molecular formula is C17H20FNO3. The van der Waals surface area contributed by atoms with Crippen LogP contribution < -0.4 is 0 Å². The topological polar surface area (TPSA) is 57.6 Å². The van der Waals surface area contributed by atoms with Crippen LogP contribution in [-0.2, 0) is 16.0 Å². The first-order chi connectivity index (χ1) is 10.6. The third-order valence-electron chi connectivity index (χ3n) is 4.93. The predicted octanol–water partition coefficient (Wildman–Crippen LogP) is 2.61. The summed E-state index contributed by atoms with van der Waals surface area (Å²) in [5, 5.41) is 9.44. The van der Waals surface area contributed by atoms with E-state index in [1.54, 1.807) is 17.0 Å². The second-order valence-corrected chi connectivity index (χ2v) is 6.31. The molecule has 1 saturated carbocycles. The average molecular weight is 305 g/mol. The highest BCUT2D eigenvalue weighted by Crippen LogP contribution is 2.40. The Kier molecular flexibility index (Phi) is 4.14. The number of benzene rings is 1. The Labute approximate surface area is 128 Å². The van der Waals surface area contributed by atoms with Crippen molar-refractivity contribution in [2.75, 3.05) is 0 Å². The number of likely N-dealkylation sites (tertiary alicyclic amines) is 1. The summed E-state index contributed by atoms with van der Waals surface area (Å²) in [5.41, 5.74) is 0.717. The summed E-state index contributed by atoms with van der Waals surface area (Å²) < 4.78 is 12.9. The smallest absolute Gasteiger partial charge is 0.326 e. The van der Waals surface area contributed by atoms with Gasteiger partial charge in [-0.25, -0.2) is 9.18 Å². The van der Waals surface area contributed by atoms with Gasteiger partial charge in [0, 0.05) is 6.04 Å². The fourth-order valence-electron chi connectivity index (χ4n) is 3.91. The van der Waals surface area contributed by atoms with Crippen LogP contribution in [0.3, 0.4) is 0 Å². The van der Waals surface area contributed by atoms with Crippen molar-refractivity contribution in [2.45, 2.75) is 50.6 Å². The standard InChI is InChI=1S/C17H20FNO3/c18-13-7-5-11(6-8-13)9-16(20)19-14-4-2-1-3-12(14)10-15(19)17(21)22/h5-8,12,14-15H,1-4,9-10H2,(H,21,22). The zero-order valence-corrected chi connectivity index (χ0v) is 12.4. The van der Waals surface area contributed by atoms with E-state index in [0.717, 1.165) is 31.2 Å². The van der Waals surface area contributed by atoms with Crippen molar-refractivity contribution in [2.24, 2.45) is 5.92 Å². The molecule has 1 N–H and O–H groups in total. The molecule has 2 aliphatic rings. The summed E-state index contributed by atoms with van der Waals surface area (Å²) in [6, 6.07) is 5.16. The third kappa shape index (κ3) is 2.85. The highest BCUT2D eigenvalue weighted by molar-refractivity contribution is 5.86. The van der Waals surface area contributed by atoms with Gasteiger partial charge in [-0.3, -0.25) is 4.79 Å². The number of hydrogen-bond donors (Lipinski definition) is 1. The summed E-state index contributed by atoms with van der Waals surface area (Å²) in [6.07, 6.45) is 4.77. The van der Waals surface area contributed by atoms with Crippen LogP contribution in [-0.4, -0.2) is 34.0 Å². The van der Waals surface area contributed by atoms with Crippen LogP contribution in [0.25, 0.3) is 0 Å². The summed E-state index contributed by atoms with van der Waals surface area (Å²) in [5.74, 6) is -1.10. The van der Waals surface area contributed by atoms with Gasteiger partial charge >= 0.3 is 5.97 Å². The van der Waals surface area contributed by atoms with Crippen LogP contribution in [0.1, 0.15) is 37.7 Å². The molecule has 2 fully saturated rings. The van der Waals surface area contributed by atoms with Crippen LogP contribution in [0.15, 0.2) is 24.3 Å². The van der Waals surface area contributed by atoms with E-state index >= 15 is 0 Å². The molecule has 3 unspecified atom stereocenters. The number of nitrogens with zero attached hydrogens (tertiary/aromatic N) is 1. The predicted molar refractivity (Wildman–Crippen MR) is 78.7 cm³/mol. The molecule has 0 bridgehead atoms. The van der Waals surface area contributed by atoms with Crippen molar-refractivity contribution in [3.8, 4) is 0 Å². The molecule has 1 aliphatic carbocycles. The van der Waals surface area contributed by atoms with Gasteiger partial charge in [0.25, 0.3) is 0 Å². The largest absolute Gasteiger partial charge is 0.480 e. The maximum absolute atomic E-state index is 12.9. The number of rotatable bonds is 3. The number of carbonyl (C=O) groups excluding carboxylic acids is 1. The number of carboxylic acids is 1. The quantitative estimate of drug-likeness (QED) is 0.934. The van der Waals surface area contributed by atoms with Crippen molar-refractivity contribution >= 4 is 11.9 Å². The van der Waals surface area contributed by atoms with Crippen LogP contribution >= 0.6 is 0 Å². The van der Waals surface area contributed by atoms with Gasteiger partial charge in [-0.15, -0.1) is 0 Å². The van der Waals surface area contributed by atoms with Crippen molar-refractivity contribution in [1.29, 1.82) is 0 Å². The zero-order chi connectivity index (χ0) is 15.7. The Balaban J connectivity index is 1.78. The average Bonchev–Trinajstić information content (AvgIpc) is 2.89. The summed E-state index contributed by atoms with van der Waals surface area (Å²) >= 11 is 0. The molecule has 1 amide bonds. The molecule has 118 valence electrons. The molecule has 0 spiro atoms. The Bertz CT molecular complexity index is 572. The lowest BCUT2D eigenvalue weighted by atomic mass is 9.84. The highest BCUT2D eigenvalue weighted by Gasteiger charge is 2.47. The van der Waals surface area contributed by atoms with Gasteiger partial charge in [-0.1, -0.05) is 25.0 Å². The monoisotopic (exact) mass is 305 g/mol. The second-order valence-electron chi connectivity index (χ2n) is 6.31. The molecule has 1 heterocycles. The Hall–Kier alpha value is -1.91. The van der Waals surface area contributed by atoms with Crippen LogP contribution in [0.5, 0.6) is 0 Å². The number of fused-ring (bicyclic) bond motifs is 1. The van der Waals surface area contributed by atoms with E-state index in [-0.39, 0.29) is 24.2 Å². The molecule has 0 radical (unpaired) electrons. The molecule has 22 heavy (non-hydrogen) atoms. The summed E-state index contributed by atoms with van der Waals surface area (Å²) in [6.45, 7) is 0. The molecule has 0 aromatic heterocycles. The van der Waals surface area contributed by atoms with Gasteiger partial charge in [0.05, 0.1) is 6.42 Å². The number of carbonyl (C=O) groups is 2. The Morgan fingerprint density at radius 3 is 2.55 bits per heavy atom. The maximum Gasteiger partial charge on any atom is 0.326 e. The molecule has 1 aliphatic heterocycles. The SMILES string of the molecule is O=C(O)C1CC2CCCCC2N1C(=O)Cc1ccc(F)cc1. The van der Waals surface area contributed by atoms with Crippen LogP contribution in [0.2, 0.25) is 0 Å². The van der Waals surface area contributed by atoms with E-state index in [4.69, 9.17) is 0 Å². The van der Waals surface area contributed by atoms with Gasteiger partial charge in [-0.2, -0.15) is 0 Å². The minimum absolute atomic E-state index is 0.0581. The molecular weight excluding hydrogens is 285 g/mol. The second kappa shape index (κ2) is 6.07. The Morgan fingerprint density at radius 2 is 1.86 bits per heavy atom. The molecule has 1 saturated heterocycles. The lowest BCUT2D eigenvalue weighted by Gasteiger charge is -2.33. The number of aliphatic carboxylic acids is 1. The van der Waals surface area contributed by atoms with Crippen molar-refractivity contribution in [3.05, 3.63) is 35.6 Å². The van der Waals surface area contributed by atoms with E-state index in [1.807, 2.05) is 0 Å². The fourth-order valence-corrected chi connectivity index (χ4v) is 3.91. The number of amides is 1. The van der Waals surface area contributed by atoms with Gasteiger partial charge in [0.2, 0.25) is 5.91 Å². The normalized spacial score (nSPS) is 27.5. The number of halogens is 1.